The maximum Gasteiger partial charge on any atom is 0.260 e. The van der Waals surface area contributed by atoms with E-state index in [-0.39, 0.29) is 12.2 Å². The molecule has 0 radical (unpaired) electrons. The van der Waals surface area contributed by atoms with Gasteiger partial charge < -0.3 is 4.84 Å². The van der Waals surface area contributed by atoms with Crippen molar-refractivity contribution < 1.29 is 14.4 Å². The number of benzene rings is 1. The van der Waals surface area contributed by atoms with Crippen LogP contribution in [0.15, 0.2) is 24.3 Å². The SMILES string of the molecule is O=C1CC(=O)c2ccccc2ON1. The number of ketones is 1. The van der Waals surface area contributed by atoms with Gasteiger partial charge in [-0.25, -0.2) is 0 Å². The summed E-state index contributed by atoms with van der Waals surface area (Å²) in [6.07, 6.45) is -0.156. The number of hydrogen-bond acceptors (Lipinski definition) is 3. The van der Waals surface area contributed by atoms with Gasteiger partial charge in [0.1, 0.15) is 0 Å². The minimum atomic E-state index is -0.416. The highest BCUT2D eigenvalue weighted by atomic mass is 16.7. The zero-order chi connectivity index (χ0) is 9.26. The monoisotopic (exact) mass is 177 g/mol. The zero-order valence-electron chi connectivity index (χ0n) is 6.74. The molecule has 1 aromatic rings. The van der Waals surface area contributed by atoms with Crippen LogP contribution in [0.25, 0.3) is 0 Å². The first kappa shape index (κ1) is 7.79. The molecule has 0 saturated carbocycles. The molecule has 2 rings (SSSR count). The van der Waals surface area contributed by atoms with Gasteiger partial charge in [0.2, 0.25) is 0 Å². The highest BCUT2D eigenvalue weighted by Gasteiger charge is 2.20. The highest BCUT2D eigenvalue weighted by Crippen LogP contribution is 2.20. The molecule has 0 spiro atoms. The Hall–Kier alpha value is -1.84. The van der Waals surface area contributed by atoms with Crippen LogP contribution in [-0.2, 0) is 4.79 Å². The molecule has 66 valence electrons. The number of nitrogens with one attached hydrogen (secondary N) is 1. The molecule has 0 bridgehead atoms. The predicted molar refractivity (Wildman–Crippen MR) is 44.2 cm³/mol. The molecule has 0 aromatic heterocycles. The fourth-order valence-electron chi connectivity index (χ4n) is 1.18. The second-order valence-corrected chi connectivity index (χ2v) is 2.72. The van der Waals surface area contributed by atoms with Crippen LogP contribution in [0.5, 0.6) is 5.75 Å². The third kappa shape index (κ3) is 1.38. The van der Waals surface area contributed by atoms with Gasteiger partial charge in [-0.2, -0.15) is 5.48 Å². The normalized spacial score (nSPS) is 15.4. The second kappa shape index (κ2) is 2.90. The third-order valence-electron chi connectivity index (χ3n) is 1.78. The van der Waals surface area contributed by atoms with Crippen LogP contribution in [0.2, 0.25) is 0 Å². The molecular weight excluding hydrogens is 170 g/mol. The quantitative estimate of drug-likeness (QED) is 0.593. The lowest BCUT2D eigenvalue weighted by Crippen LogP contribution is -2.25. The van der Waals surface area contributed by atoms with Crippen molar-refractivity contribution in [2.24, 2.45) is 0 Å². The molecular formula is C9H7NO3. The highest BCUT2D eigenvalue weighted by molar-refractivity contribution is 6.09. The van der Waals surface area contributed by atoms with E-state index in [9.17, 15) is 9.59 Å². The Labute approximate surface area is 74.5 Å². The van der Waals surface area contributed by atoms with Crippen molar-refractivity contribution in [3.8, 4) is 5.75 Å². The van der Waals surface area contributed by atoms with E-state index in [2.05, 4.69) is 5.48 Å². The van der Waals surface area contributed by atoms with E-state index in [4.69, 9.17) is 4.84 Å². The molecule has 0 aliphatic carbocycles. The molecule has 0 fully saturated rings. The lowest BCUT2D eigenvalue weighted by Gasteiger charge is -2.02. The molecule has 4 nitrogen and oxygen atoms in total. The Balaban J connectivity index is 2.46. The van der Waals surface area contributed by atoms with Gasteiger partial charge in [-0.3, -0.25) is 9.59 Å². The lowest BCUT2D eigenvalue weighted by atomic mass is 10.1. The molecule has 1 aliphatic heterocycles. The van der Waals surface area contributed by atoms with E-state index in [0.717, 1.165) is 0 Å². The van der Waals surface area contributed by atoms with Gasteiger partial charge in [0.05, 0.1) is 12.0 Å². The van der Waals surface area contributed by atoms with Crippen LogP contribution in [0, 0.1) is 0 Å². The number of carbonyl (C=O) groups excluding carboxylic acids is 2. The van der Waals surface area contributed by atoms with Crippen molar-refractivity contribution in [1.82, 2.24) is 5.48 Å². The number of amides is 1. The summed E-state index contributed by atoms with van der Waals surface area (Å²) in [6, 6.07) is 6.75. The van der Waals surface area contributed by atoms with E-state index < -0.39 is 5.91 Å². The summed E-state index contributed by atoms with van der Waals surface area (Å²) in [5, 5.41) is 0. The topological polar surface area (TPSA) is 55.4 Å². The lowest BCUT2D eigenvalue weighted by molar-refractivity contribution is -0.126. The maximum atomic E-state index is 11.4. The van der Waals surface area contributed by atoms with Gasteiger partial charge in [-0.15, -0.1) is 0 Å². The number of para-hydroxylation sites is 1. The fraction of sp³-hybridized carbons (Fsp3) is 0.111. The third-order valence-corrected chi connectivity index (χ3v) is 1.78. The number of rotatable bonds is 0. The van der Waals surface area contributed by atoms with E-state index >= 15 is 0 Å². The summed E-state index contributed by atoms with van der Waals surface area (Å²) < 4.78 is 0. The van der Waals surface area contributed by atoms with Crippen molar-refractivity contribution in [2.45, 2.75) is 6.42 Å². The summed E-state index contributed by atoms with van der Waals surface area (Å²) in [7, 11) is 0. The van der Waals surface area contributed by atoms with Gasteiger partial charge in [0, 0.05) is 0 Å². The second-order valence-electron chi connectivity index (χ2n) is 2.72. The van der Waals surface area contributed by atoms with Gasteiger partial charge >= 0.3 is 0 Å². The zero-order valence-corrected chi connectivity index (χ0v) is 6.74. The van der Waals surface area contributed by atoms with Crippen molar-refractivity contribution >= 4 is 11.7 Å². The molecule has 1 amide bonds. The molecule has 1 aromatic carbocycles. The fourth-order valence-corrected chi connectivity index (χ4v) is 1.18. The summed E-state index contributed by atoms with van der Waals surface area (Å²) in [5.41, 5.74) is 2.62. The van der Waals surface area contributed by atoms with Gasteiger partial charge in [0.15, 0.2) is 11.5 Å². The maximum absolute atomic E-state index is 11.4. The smallest absolute Gasteiger partial charge is 0.260 e. The largest absolute Gasteiger partial charge is 0.379 e. The first-order chi connectivity index (χ1) is 6.27. The molecule has 13 heavy (non-hydrogen) atoms. The molecule has 0 atom stereocenters. The number of fused-ring (bicyclic) bond motifs is 1. The van der Waals surface area contributed by atoms with Crippen LogP contribution < -0.4 is 10.3 Å². The first-order valence-corrected chi connectivity index (χ1v) is 3.85. The first-order valence-electron chi connectivity index (χ1n) is 3.85. The van der Waals surface area contributed by atoms with Crippen molar-refractivity contribution in [3.63, 3.8) is 0 Å². The molecule has 4 heteroatoms. The number of hydroxylamine groups is 1. The molecule has 0 unspecified atom stereocenters. The Morgan fingerprint density at radius 1 is 1.23 bits per heavy atom. The van der Waals surface area contributed by atoms with E-state index in [1.54, 1.807) is 24.3 Å². The Kier molecular flexibility index (Phi) is 1.73. The predicted octanol–water partition coefficient (Wildman–Crippen LogP) is 0.683. The summed E-state index contributed by atoms with van der Waals surface area (Å²) in [4.78, 5) is 27.2. The standard InChI is InChI=1S/C9H7NO3/c11-7-5-9(12)10-13-8-4-2-1-3-6(7)8/h1-4H,5H2,(H,10,12). The number of hydrogen-bond donors (Lipinski definition) is 1. The van der Waals surface area contributed by atoms with Gasteiger partial charge in [0.25, 0.3) is 5.91 Å². The van der Waals surface area contributed by atoms with Crippen molar-refractivity contribution in [3.05, 3.63) is 29.8 Å². The van der Waals surface area contributed by atoms with Crippen LogP contribution in [-0.4, -0.2) is 11.7 Å². The molecule has 1 heterocycles. The van der Waals surface area contributed by atoms with Crippen LogP contribution in [0.4, 0.5) is 0 Å². The molecule has 1 aliphatic rings. The van der Waals surface area contributed by atoms with Gasteiger partial charge in [-0.1, -0.05) is 12.1 Å². The average Bonchev–Trinajstić information content (AvgIpc) is 2.27. The number of carbonyl (C=O) groups is 2. The van der Waals surface area contributed by atoms with Gasteiger partial charge in [-0.05, 0) is 12.1 Å². The van der Waals surface area contributed by atoms with E-state index in [1.165, 1.54) is 0 Å². The van der Waals surface area contributed by atoms with Crippen molar-refractivity contribution in [1.29, 1.82) is 0 Å². The summed E-state index contributed by atoms with van der Waals surface area (Å²) in [6.45, 7) is 0. The van der Waals surface area contributed by atoms with Crippen LogP contribution in [0.1, 0.15) is 16.8 Å². The van der Waals surface area contributed by atoms with Crippen LogP contribution in [0.3, 0.4) is 0 Å². The van der Waals surface area contributed by atoms with E-state index in [0.29, 0.717) is 11.3 Å². The Morgan fingerprint density at radius 3 is 2.85 bits per heavy atom. The minimum absolute atomic E-state index is 0.156. The summed E-state index contributed by atoms with van der Waals surface area (Å²) in [5.74, 6) is -0.231. The average molecular weight is 177 g/mol. The van der Waals surface area contributed by atoms with Crippen molar-refractivity contribution in [2.75, 3.05) is 0 Å². The van der Waals surface area contributed by atoms with E-state index in [1.807, 2.05) is 0 Å². The number of Topliss-reactive ketones (excluding diaryl/α,β-unsaturated/α-hetero) is 1. The summed E-state index contributed by atoms with van der Waals surface area (Å²) >= 11 is 0. The molecule has 1 N–H and O–H groups in total. The molecule has 0 saturated heterocycles. The Bertz CT molecular complexity index is 373. The Morgan fingerprint density at radius 2 is 2.00 bits per heavy atom. The van der Waals surface area contributed by atoms with Crippen LogP contribution >= 0.6 is 0 Å². The minimum Gasteiger partial charge on any atom is -0.379 e.